The number of anilines is 1. The smallest absolute Gasteiger partial charge is 0.244 e. The van der Waals surface area contributed by atoms with Gasteiger partial charge in [-0.2, -0.15) is 0 Å². The summed E-state index contributed by atoms with van der Waals surface area (Å²) in [7, 11) is 0. The minimum absolute atomic E-state index is 0.248. The van der Waals surface area contributed by atoms with Crippen LogP contribution in [0.3, 0.4) is 0 Å². The molecule has 1 N–H and O–H groups in total. The lowest BCUT2D eigenvalue weighted by molar-refractivity contribution is -0.168. The van der Waals surface area contributed by atoms with E-state index in [1.54, 1.807) is 6.07 Å². The predicted octanol–water partition coefficient (Wildman–Crippen LogP) is 2.58. The number of likely N-dealkylation sites (tertiary alicyclic amines) is 1. The number of nitrogens with one attached hydrogen (secondary N) is 1. The number of hydrogen-bond acceptors (Lipinski definition) is 3. The molecule has 0 aromatic heterocycles. The Bertz CT molecular complexity index is 731. The van der Waals surface area contributed by atoms with E-state index in [2.05, 4.69) is 5.32 Å². The van der Waals surface area contributed by atoms with Crippen molar-refractivity contribution in [2.45, 2.75) is 33.6 Å². The Kier molecular flexibility index (Phi) is 3.73. The number of imide groups is 1. The van der Waals surface area contributed by atoms with Gasteiger partial charge in [0.2, 0.25) is 17.7 Å². The third-order valence-electron chi connectivity index (χ3n) is 5.92. The van der Waals surface area contributed by atoms with Gasteiger partial charge in [0, 0.05) is 11.6 Å². The maximum Gasteiger partial charge on any atom is 0.244 e. The van der Waals surface area contributed by atoms with Crippen LogP contribution < -0.4 is 5.32 Å². The van der Waals surface area contributed by atoms with Crippen LogP contribution in [-0.4, -0.2) is 29.2 Å². The zero-order chi connectivity index (χ0) is 17.7. The molecule has 2 atom stereocenters. The molecule has 128 valence electrons. The molecule has 0 radical (unpaired) electrons. The van der Waals surface area contributed by atoms with Gasteiger partial charge in [-0.15, -0.1) is 0 Å². The minimum atomic E-state index is -0.634. The molecule has 3 amide bonds. The maximum atomic E-state index is 13.2. The second-order valence-corrected chi connectivity index (χ2v) is 7.43. The van der Waals surface area contributed by atoms with Crippen LogP contribution in [0.25, 0.3) is 0 Å². The predicted molar refractivity (Wildman–Crippen MR) is 86.4 cm³/mol. The molecule has 24 heavy (non-hydrogen) atoms. The number of fused-ring (bicyclic) bond motifs is 2. The van der Waals surface area contributed by atoms with Crippen LogP contribution in [0.5, 0.6) is 0 Å². The highest BCUT2D eigenvalue weighted by atomic mass is 19.1. The molecule has 3 rings (SSSR count). The summed E-state index contributed by atoms with van der Waals surface area (Å²) in [4.78, 5) is 38.8. The lowest BCUT2D eigenvalue weighted by Crippen LogP contribution is -2.60. The van der Waals surface area contributed by atoms with Crippen molar-refractivity contribution in [1.29, 1.82) is 0 Å². The van der Waals surface area contributed by atoms with Gasteiger partial charge in [0.1, 0.15) is 12.4 Å². The second kappa shape index (κ2) is 5.40. The molecule has 2 unspecified atom stereocenters. The fourth-order valence-corrected chi connectivity index (χ4v) is 3.96. The van der Waals surface area contributed by atoms with Gasteiger partial charge in [-0.1, -0.05) is 26.8 Å². The van der Waals surface area contributed by atoms with E-state index < -0.39 is 22.6 Å². The SMILES string of the molecule is CC12CCC(C(=O)N(CC(=O)Nc3cccc(F)c3)C1=O)C2(C)C. The van der Waals surface area contributed by atoms with E-state index in [1.807, 2.05) is 20.8 Å². The zero-order valence-corrected chi connectivity index (χ0v) is 14.1. The van der Waals surface area contributed by atoms with Crippen molar-refractivity contribution < 1.29 is 18.8 Å². The van der Waals surface area contributed by atoms with E-state index in [-0.39, 0.29) is 24.3 Å². The summed E-state index contributed by atoms with van der Waals surface area (Å²) >= 11 is 0. The fourth-order valence-electron chi connectivity index (χ4n) is 3.96. The molecular formula is C18H21FN2O3. The van der Waals surface area contributed by atoms with E-state index in [9.17, 15) is 18.8 Å². The van der Waals surface area contributed by atoms with Gasteiger partial charge in [0.25, 0.3) is 0 Å². The summed E-state index contributed by atoms with van der Waals surface area (Å²) in [6.07, 6.45) is 1.31. The quantitative estimate of drug-likeness (QED) is 0.865. The second-order valence-electron chi connectivity index (χ2n) is 7.43. The molecule has 0 spiro atoms. The number of amides is 3. The van der Waals surface area contributed by atoms with Gasteiger partial charge in [0.05, 0.1) is 5.41 Å². The molecule has 6 heteroatoms. The molecule has 2 fully saturated rings. The van der Waals surface area contributed by atoms with Crippen LogP contribution in [0.15, 0.2) is 24.3 Å². The Morgan fingerprint density at radius 3 is 2.71 bits per heavy atom. The highest BCUT2D eigenvalue weighted by Gasteiger charge is 2.64. The lowest BCUT2D eigenvalue weighted by atomic mass is 9.62. The molecule has 1 saturated heterocycles. The van der Waals surface area contributed by atoms with Crippen LogP contribution >= 0.6 is 0 Å². The van der Waals surface area contributed by atoms with Gasteiger partial charge >= 0.3 is 0 Å². The number of hydrogen-bond donors (Lipinski definition) is 1. The summed E-state index contributed by atoms with van der Waals surface area (Å²) in [5.41, 5.74) is -0.743. The number of benzene rings is 1. The van der Waals surface area contributed by atoms with Crippen LogP contribution in [0.1, 0.15) is 33.6 Å². The van der Waals surface area contributed by atoms with Crippen LogP contribution in [-0.2, 0) is 14.4 Å². The monoisotopic (exact) mass is 332 g/mol. The normalized spacial score (nSPS) is 28.2. The molecule has 2 bridgehead atoms. The highest BCUT2D eigenvalue weighted by molar-refractivity contribution is 6.07. The molecule has 2 aliphatic rings. The van der Waals surface area contributed by atoms with Crippen molar-refractivity contribution >= 4 is 23.4 Å². The van der Waals surface area contributed by atoms with Crippen molar-refractivity contribution in [3.63, 3.8) is 0 Å². The number of halogens is 1. The van der Waals surface area contributed by atoms with Crippen molar-refractivity contribution in [2.75, 3.05) is 11.9 Å². The van der Waals surface area contributed by atoms with Gasteiger partial charge in [-0.25, -0.2) is 4.39 Å². The largest absolute Gasteiger partial charge is 0.324 e. The lowest BCUT2D eigenvalue weighted by Gasteiger charge is -2.47. The van der Waals surface area contributed by atoms with Gasteiger partial charge < -0.3 is 5.32 Å². The Labute approximate surface area is 140 Å². The molecule has 1 saturated carbocycles. The average molecular weight is 332 g/mol. The molecule has 1 aliphatic carbocycles. The first-order chi connectivity index (χ1) is 11.2. The molecule has 1 aromatic carbocycles. The molecule has 1 heterocycles. The first-order valence-electron chi connectivity index (χ1n) is 8.08. The molecule has 5 nitrogen and oxygen atoms in total. The molecule has 1 aromatic rings. The third kappa shape index (κ3) is 2.32. The Morgan fingerprint density at radius 2 is 2.04 bits per heavy atom. The van der Waals surface area contributed by atoms with Gasteiger partial charge in [0.15, 0.2) is 0 Å². The van der Waals surface area contributed by atoms with Crippen LogP contribution in [0, 0.1) is 22.6 Å². The summed E-state index contributed by atoms with van der Waals surface area (Å²) in [6, 6.07) is 5.49. The van der Waals surface area contributed by atoms with E-state index >= 15 is 0 Å². The first-order valence-corrected chi connectivity index (χ1v) is 8.08. The van der Waals surface area contributed by atoms with Gasteiger partial charge in [-0.05, 0) is 36.5 Å². The number of piperidine rings is 1. The highest BCUT2D eigenvalue weighted by Crippen LogP contribution is 2.59. The number of carbonyl (C=O) groups is 3. The summed E-state index contributed by atoms with van der Waals surface area (Å²) in [6.45, 7) is 5.44. The van der Waals surface area contributed by atoms with Crippen LogP contribution in [0.4, 0.5) is 10.1 Å². The maximum absolute atomic E-state index is 13.2. The van der Waals surface area contributed by atoms with Crippen molar-refractivity contribution in [3.05, 3.63) is 30.1 Å². The van der Waals surface area contributed by atoms with Crippen molar-refractivity contribution in [3.8, 4) is 0 Å². The number of carbonyl (C=O) groups excluding carboxylic acids is 3. The van der Waals surface area contributed by atoms with Crippen LogP contribution in [0.2, 0.25) is 0 Å². The van der Waals surface area contributed by atoms with Crippen molar-refractivity contribution in [2.24, 2.45) is 16.7 Å². The van der Waals surface area contributed by atoms with Crippen molar-refractivity contribution in [1.82, 2.24) is 4.90 Å². The number of rotatable bonds is 3. The van der Waals surface area contributed by atoms with E-state index in [4.69, 9.17) is 0 Å². The van der Waals surface area contributed by atoms with E-state index in [1.165, 1.54) is 18.2 Å². The third-order valence-corrected chi connectivity index (χ3v) is 5.92. The standard InChI is InChI=1S/C18H21FN2O3/c1-17(2)13-7-8-18(17,3)16(24)21(15(13)23)10-14(22)20-12-6-4-5-11(19)9-12/h4-6,9,13H,7-8,10H2,1-3H3,(H,20,22). The van der Waals surface area contributed by atoms with Gasteiger partial charge in [-0.3, -0.25) is 19.3 Å². The van der Waals surface area contributed by atoms with E-state index in [0.717, 1.165) is 4.90 Å². The number of nitrogens with zero attached hydrogens (tertiary/aromatic N) is 1. The molecular weight excluding hydrogens is 311 g/mol. The first kappa shape index (κ1) is 16.6. The minimum Gasteiger partial charge on any atom is -0.324 e. The Morgan fingerprint density at radius 1 is 1.33 bits per heavy atom. The zero-order valence-electron chi connectivity index (χ0n) is 14.1. The Hall–Kier alpha value is -2.24. The summed E-state index contributed by atoms with van der Waals surface area (Å²) in [5, 5.41) is 2.53. The molecule has 1 aliphatic heterocycles. The summed E-state index contributed by atoms with van der Waals surface area (Å²) in [5.74, 6) is -1.80. The van der Waals surface area contributed by atoms with E-state index in [0.29, 0.717) is 18.5 Å². The topological polar surface area (TPSA) is 66.5 Å². The summed E-state index contributed by atoms with van der Waals surface area (Å²) < 4.78 is 13.2. The average Bonchev–Trinajstić information content (AvgIpc) is 2.69. The fraction of sp³-hybridized carbons (Fsp3) is 0.500. The Balaban J connectivity index is 1.77.